The summed E-state index contributed by atoms with van der Waals surface area (Å²) >= 11 is 3.31. The van der Waals surface area contributed by atoms with Crippen molar-refractivity contribution in [3.63, 3.8) is 0 Å². The monoisotopic (exact) mass is 448 g/mol. The number of hydrogen-bond donors (Lipinski definition) is 0. The van der Waals surface area contributed by atoms with Gasteiger partial charge in [0.1, 0.15) is 11.2 Å². The number of fused-ring (bicyclic) bond motifs is 1. The average molecular weight is 449 g/mol. The number of ketones is 1. The number of hydrogen-bond acceptors (Lipinski definition) is 5. The first-order valence-corrected chi connectivity index (χ1v) is 9.19. The molecule has 8 heteroatoms. The molecule has 0 fully saturated rings. The molecule has 3 rings (SSSR count). The average Bonchev–Trinajstić information content (AvgIpc) is 2.98. The quantitative estimate of drug-likeness (QED) is 0.529. The normalized spacial score (nSPS) is 11.5. The van der Waals surface area contributed by atoms with E-state index in [1.807, 2.05) is 0 Å². The lowest BCUT2D eigenvalue weighted by atomic mass is 10.0. The summed E-state index contributed by atoms with van der Waals surface area (Å²) in [5.41, 5.74) is -0.528. The van der Waals surface area contributed by atoms with Gasteiger partial charge in [-0.05, 0) is 54.9 Å². The molecular weight excluding hydrogens is 431 g/mol. The van der Waals surface area contributed by atoms with E-state index in [9.17, 15) is 14.0 Å². The number of nitrogens with zero attached hydrogens (tertiary/aromatic N) is 2. The predicted molar refractivity (Wildman–Crippen MR) is 105 cm³/mol. The topological polar surface area (TPSA) is 70.4 Å². The minimum Gasteiger partial charge on any atom is -0.494 e. The lowest BCUT2D eigenvalue weighted by Gasteiger charge is -2.19. The largest absolute Gasteiger partial charge is 0.494 e. The molecule has 0 atom stereocenters. The van der Waals surface area contributed by atoms with E-state index in [4.69, 9.17) is 9.47 Å². The van der Waals surface area contributed by atoms with Crippen molar-refractivity contribution in [2.75, 3.05) is 7.11 Å². The van der Waals surface area contributed by atoms with Gasteiger partial charge >= 0.3 is 6.09 Å². The standard InChI is InChI=1S/C20H18BrFN2O4/c1-20(2,3)28-19(26)24-10-14(13-8-11(21)9-23-18(13)24)17(25)12-6-5-7-15(27-4)16(12)22/h5-10H,1-4H3. The fourth-order valence-electron chi connectivity index (χ4n) is 2.70. The van der Waals surface area contributed by atoms with Crippen molar-refractivity contribution in [3.8, 4) is 5.75 Å². The molecule has 0 N–H and O–H groups in total. The molecular formula is C20H18BrFN2O4. The number of halogens is 2. The van der Waals surface area contributed by atoms with E-state index in [1.165, 1.54) is 37.7 Å². The molecule has 0 aliphatic heterocycles. The number of methoxy groups -OCH3 is 1. The van der Waals surface area contributed by atoms with Gasteiger partial charge in [0.25, 0.3) is 0 Å². The van der Waals surface area contributed by atoms with Gasteiger partial charge in [-0.25, -0.2) is 18.7 Å². The third-order valence-electron chi connectivity index (χ3n) is 3.87. The van der Waals surface area contributed by atoms with E-state index in [0.29, 0.717) is 9.86 Å². The van der Waals surface area contributed by atoms with E-state index in [0.717, 1.165) is 4.57 Å². The van der Waals surface area contributed by atoms with Crippen molar-refractivity contribution < 1.29 is 23.5 Å². The Bertz CT molecular complexity index is 1090. The van der Waals surface area contributed by atoms with Gasteiger partial charge in [-0.1, -0.05) is 6.07 Å². The maximum absolute atomic E-state index is 14.6. The maximum atomic E-state index is 14.6. The zero-order valence-corrected chi connectivity index (χ0v) is 17.3. The summed E-state index contributed by atoms with van der Waals surface area (Å²) in [5.74, 6) is -1.40. The van der Waals surface area contributed by atoms with E-state index in [-0.39, 0.29) is 22.5 Å². The van der Waals surface area contributed by atoms with Crippen LogP contribution in [-0.4, -0.2) is 34.1 Å². The molecule has 28 heavy (non-hydrogen) atoms. The van der Waals surface area contributed by atoms with Crippen LogP contribution in [0.25, 0.3) is 11.0 Å². The van der Waals surface area contributed by atoms with Crippen molar-refractivity contribution in [1.29, 1.82) is 0 Å². The van der Waals surface area contributed by atoms with Crippen molar-refractivity contribution in [3.05, 3.63) is 58.1 Å². The van der Waals surface area contributed by atoms with Crippen LogP contribution in [0.4, 0.5) is 9.18 Å². The summed E-state index contributed by atoms with van der Waals surface area (Å²) in [4.78, 5) is 29.9. The van der Waals surface area contributed by atoms with Gasteiger partial charge in [-0.3, -0.25) is 4.79 Å². The lowest BCUT2D eigenvalue weighted by molar-refractivity contribution is 0.0543. The molecule has 0 saturated carbocycles. The SMILES string of the molecule is COc1cccc(C(=O)c2cn(C(=O)OC(C)(C)C)c3ncc(Br)cc23)c1F. The molecule has 0 unspecified atom stereocenters. The highest BCUT2D eigenvalue weighted by atomic mass is 79.9. The van der Waals surface area contributed by atoms with E-state index >= 15 is 0 Å². The number of rotatable bonds is 3. The number of pyridine rings is 1. The highest BCUT2D eigenvalue weighted by Gasteiger charge is 2.26. The summed E-state index contributed by atoms with van der Waals surface area (Å²) in [6.07, 6.45) is 2.14. The molecule has 2 heterocycles. The van der Waals surface area contributed by atoms with Crippen molar-refractivity contribution >= 4 is 38.8 Å². The molecule has 1 aromatic carbocycles. The van der Waals surface area contributed by atoms with Crippen LogP contribution in [0.15, 0.2) is 41.1 Å². The second-order valence-corrected chi connectivity index (χ2v) is 7.98. The smallest absolute Gasteiger partial charge is 0.420 e. The Labute approximate surface area is 169 Å². The van der Waals surface area contributed by atoms with Gasteiger partial charge in [0.05, 0.1) is 18.2 Å². The first kappa shape index (κ1) is 20.0. The molecule has 0 radical (unpaired) electrons. The number of benzene rings is 1. The Morgan fingerprint density at radius 3 is 2.57 bits per heavy atom. The fraction of sp³-hybridized carbons (Fsp3) is 0.250. The Morgan fingerprint density at radius 1 is 1.21 bits per heavy atom. The third kappa shape index (κ3) is 3.77. The Balaban J connectivity index is 2.18. The Hall–Kier alpha value is -2.74. The Kier molecular flexibility index (Phi) is 5.25. The predicted octanol–water partition coefficient (Wildman–Crippen LogP) is 4.96. The van der Waals surface area contributed by atoms with E-state index in [2.05, 4.69) is 20.9 Å². The molecule has 0 bridgehead atoms. The molecule has 0 spiro atoms. The van der Waals surface area contributed by atoms with Crippen molar-refractivity contribution in [1.82, 2.24) is 9.55 Å². The second-order valence-electron chi connectivity index (χ2n) is 7.07. The van der Waals surface area contributed by atoms with Crippen LogP contribution in [0.3, 0.4) is 0 Å². The lowest BCUT2D eigenvalue weighted by Crippen LogP contribution is -2.27. The summed E-state index contributed by atoms with van der Waals surface area (Å²) in [6, 6.07) is 5.96. The molecule has 6 nitrogen and oxygen atoms in total. The second kappa shape index (κ2) is 7.35. The summed E-state index contributed by atoms with van der Waals surface area (Å²) in [5, 5.41) is 0.396. The number of aromatic nitrogens is 2. The van der Waals surface area contributed by atoms with Crippen molar-refractivity contribution in [2.45, 2.75) is 26.4 Å². The maximum Gasteiger partial charge on any atom is 0.420 e. The first-order valence-electron chi connectivity index (χ1n) is 8.39. The molecule has 146 valence electrons. The minimum absolute atomic E-state index is 0.0407. The molecule has 0 saturated heterocycles. The summed E-state index contributed by atoms with van der Waals surface area (Å²) < 4.78 is 26.7. The number of ether oxygens (including phenoxy) is 2. The van der Waals surface area contributed by atoms with Gasteiger partial charge < -0.3 is 9.47 Å². The highest BCUT2D eigenvalue weighted by Crippen LogP contribution is 2.29. The molecule has 0 aliphatic carbocycles. The van der Waals surface area contributed by atoms with Gasteiger partial charge in [-0.2, -0.15) is 0 Å². The molecule has 0 amide bonds. The van der Waals surface area contributed by atoms with Crippen LogP contribution < -0.4 is 4.74 Å². The fourth-order valence-corrected chi connectivity index (χ4v) is 3.03. The highest BCUT2D eigenvalue weighted by molar-refractivity contribution is 9.10. The summed E-state index contributed by atoms with van der Waals surface area (Å²) in [7, 11) is 1.32. The van der Waals surface area contributed by atoms with Crippen LogP contribution >= 0.6 is 15.9 Å². The number of carbonyl (C=O) groups is 2. The molecule has 3 aromatic rings. The third-order valence-corrected chi connectivity index (χ3v) is 4.31. The summed E-state index contributed by atoms with van der Waals surface area (Å²) in [6.45, 7) is 5.20. The number of carbonyl (C=O) groups excluding carboxylic acids is 2. The van der Waals surface area contributed by atoms with Gasteiger partial charge in [0, 0.05) is 22.3 Å². The van der Waals surface area contributed by atoms with E-state index < -0.39 is 23.3 Å². The van der Waals surface area contributed by atoms with Gasteiger partial charge in [0.2, 0.25) is 0 Å². The van der Waals surface area contributed by atoms with Crippen LogP contribution in [0.5, 0.6) is 5.75 Å². The van der Waals surface area contributed by atoms with Crippen LogP contribution in [0.2, 0.25) is 0 Å². The molecule has 0 aliphatic rings. The first-order chi connectivity index (χ1) is 13.1. The zero-order chi connectivity index (χ0) is 20.6. The van der Waals surface area contributed by atoms with E-state index in [1.54, 1.807) is 26.8 Å². The zero-order valence-electron chi connectivity index (χ0n) is 15.7. The minimum atomic E-state index is -0.767. The van der Waals surface area contributed by atoms with Crippen LogP contribution in [0.1, 0.15) is 36.7 Å². The Morgan fingerprint density at radius 2 is 1.93 bits per heavy atom. The van der Waals surface area contributed by atoms with Gasteiger partial charge in [0.15, 0.2) is 17.3 Å². The molecule has 2 aromatic heterocycles. The van der Waals surface area contributed by atoms with Crippen LogP contribution in [-0.2, 0) is 4.74 Å². The van der Waals surface area contributed by atoms with Crippen LogP contribution in [0, 0.1) is 5.82 Å². The van der Waals surface area contributed by atoms with Gasteiger partial charge in [-0.15, -0.1) is 0 Å². The van der Waals surface area contributed by atoms with Crippen molar-refractivity contribution in [2.24, 2.45) is 0 Å².